The number of hydrogen-bond donors (Lipinski definition) is 2. The molecule has 0 radical (unpaired) electrons. The first kappa shape index (κ1) is 16.0. The van der Waals surface area contributed by atoms with E-state index >= 15 is 0 Å². The summed E-state index contributed by atoms with van der Waals surface area (Å²) in [4.78, 5) is 11.8. The zero-order valence-corrected chi connectivity index (χ0v) is 12.9. The van der Waals surface area contributed by atoms with Gasteiger partial charge in [0.05, 0.1) is 10.3 Å². The van der Waals surface area contributed by atoms with Crippen molar-refractivity contribution in [3.05, 3.63) is 29.8 Å². The van der Waals surface area contributed by atoms with Crippen LogP contribution in [-0.4, -0.2) is 26.0 Å². The zero-order valence-electron chi connectivity index (χ0n) is 12.1. The maximum atomic E-state index is 12.4. The standard InChI is InChI=1S/C15H21NO4S/c1-12-7-3-4-8-13(12)21(19,20)16-11-15(14(17)18)9-5-2-6-10-15/h3-4,7-8,16H,2,5-6,9-11H2,1H3,(H,17,18). The number of carbonyl (C=O) groups is 1. The van der Waals surface area contributed by atoms with Gasteiger partial charge in [-0.2, -0.15) is 0 Å². The fourth-order valence-corrected chi connectivity index (χ4v) is 4.24. The molecule has 0 atom stereocenters. The molecule has 1 fully saturated rings. The van der Waals surface area contributed by atoms with Crippen LogP contribution in [0.1, 0.15) is 37.7 Å². The van der Waals surface area contributed by atoms with Crippen molar-refractivity contribution in [2.45, 2.75) is 43.9 Å². The van der Waals surface area contributed by atoms with E-state index in [1.807, 2.05) is 0 Å². The predicted octanol–water partition coefficient (Wildman–Crippen LogP) is 2.31. The van der Waals surface area contributed by atoms with Crippen LogP contribution in [0.25, 0.3) is 0 Å². The summed E-state index contributed by atoms with van der Waals surface area (Å²) in [6.45, 7) is 1.68. The highest BCUT2D eigenvalue weighted by molar-refractivity contribution is 7.89. The zero-order chi connectivity index (χ0) is 15.5. The van der Waals surface area contributed by atoms with Gasteiger partial charge in [-0.15, -0.1) is 0 Å². The minimum absolute atomic E-state index is 0.0427. The summed E-state index contributed by atoms with van der Waals surface area (Å²) in [7, 11) is -3.68. The van der Waals surface area contributed by atoms with E-state index in [4.69, 9.17) is 0 Å². The van der Waals surface area contributed by atoms with Gasteiger partial charge in [0.15, 0.2) is 0 Å². The monoisotopic (exact) mass is 311 g/mol. The molecule has 1 saturated carbocycles. The minimum atomic E-state index is -3.68. The second kappa shape index (κ2) is 6.15. The van der Waals surface area contributed by atoms with Gasteiger partial charge in [-0.05, 0) is 31.4 Å². The Kier molecular flexibility index (Phi) is 4.68. The molecular weight excluding hydrogens is 290 g/mol. The SMILES string of the molecule is Cc1ccccc1S(=O)(=O)NCC1(C(=O)O)CCCCC1. The van der Waals surface area contributed by atoms with Crippen LogP contribution in [-0.2, 0) is 14.8 Å². The second-order valence-electron chi connectivity index (χ2n) is 5.74. The molecule has 0 bridgehead atoms. The lowest BCUT2D eigenvalue weighted by Crippen LogP contribution is -2.44. The van der Waals surface area contributed by atoms with Crippen LogP contribution in [0.2, 0.25) is 0 Å². The molecule has 21 heavy (non-hydrogen) atoms. The highest BCUT2D eigenvalue weighted by Gasteiger charge is 2.40. The van der Waals surface area contributed by atoms with Crippen molar-refractivity contribution in [2.24, 2.45) is 5.41 Å². The molecule has 0 aromatic heterocycles. The summed E-state index contributed by atoms with van der Waals surface area (Å²) >= 11 is 0. The maximum absolute atomic E-state index is 12.4. The average molecular weight is 311 g/mol. The molecule has 0 spiro atoms. The molecule has 1 aliphatic rings. The maximum Gasteiger partial charge on any atom is 0.310 e. The quantitative estimate of drug-likeness (QED) is 0.874. The largest absolute Gasteiger partial charge is 0.481 e. The Hall–Kier alpha value is -1.40. The van der Waals surface area contributed by atoms with Gasteiger partial charge in [0.1, 0.15) is 0 Å². The van der Waals surface area contributed by atoms with Crippen LogP contribution in [0, 0.1) is 12.3 Å². The normalized spacial score (nSPS) is 18.3. The van der Waals surface area contributed by atoms with E-state index in [0.717, 1.165) is 19.3 Å². The van der Waals surface area contributed by atoms with Crippen LogP contribution in [0.3, 0.4) is 0 Å². The van der Waals surface area contributed by atoms with Gasteiger partial charge >= 0.3 is 5.97 Å². The first-order valence-electron chi connectivity index (χ1n) is 7.16. The van der Waals surface area contributed by atoms with Crippen LogP contribution < -0.4 is 4.72 Å². The molecule has 1 aromatic carbocycles. The van der Waals surface area contributed by atoms with Gasteiger partial charge in [-0.1, -0.05) is 37.5 Å². The van der Waals surface area contributed by atoms with Gasteiger partial charge in [-0.3, -0.25) is 4.79 Å². The van der Waals surface area contributed by atoms with Crippen LogP contribution in [0.15, 0.2) is 29.2 Å². The van der Waals surface area contributed by atoms with E-state index < -0.39 is 21.4 Å². The van der Waals surface area contributed by atoms with Crippen LogP contribution in [0.5, 0.6) is 0 Å². The lowest BCUT2D eigenvalue weighted by atomic mass is 9.74. The Morgan fingerprint density at radius 2 is 1.86 bits per heavy atom. The molecule has 116 valence electrons. The summed E-state index contributed by atoms with van der Waals surface area (Å²) in [5, 5.41) is 9.48. The van der Waals surface area contributed by atoms with Crippen molar-refractivity contribution in [3.63, 3.8) is 0 Å². The number of carboxylic acids is 1. The highest BCUT2D eigenvalue weighted by Crippen LogP contribution is 2.36. The first-order valence-corrected chi connectivity index (χ1v) is 8.64. The molecule has 0 aliphatic heterocycles. The molecule has 0 heterocycles. The van der Waals surface area contributed by atoms with Crippen LogP contribution >= 0.6 is 0 Å². The van der Waals surface area contributed by atoms with Crippen molar-refractivity contribution in [3.8, 4) is 0 Å². The van der Waals surface area contributed by atoms with Crippen molar-refractivity contribution in [2.75, 3.05) is 6.54 Å². The first-order chi connectivity index (χ1) is 9.87. The van der Waals surface area contributed by atoms with E-state index in [1.54, 1.807) is 25.1 Å². The van der Waals surface area contributed by atoms with Gasteiger partial charge in [0.2, 0.25) is 10.0 Å². The average Bonchev–Trinajstić information content (AvgIpc) is 2.46. The third kappa shape index (κ3) is 3.44. The van der Waals surface area contributed by atoms with E-state index in [2.05, 4.69) is 4.72 Å². The Morgan fingerprint density at radius 1 is 1.24 bits per heavy atom. The molecule has 2 N–H and O–H groups in total. The van der Waals surface area contributed by atoms with Gasteiger partial charge < -0.3 is 5.11 Å². The second-order valence-corrected chi connectivity index (χ2v) is 7.47. The fourth-order valence-electron chi connectivity index (χ4n) is 2.86. The lowest BCUT2D eigenvalue weighted by Gasteiger charge is -2.33. The number of aryl methyl sites for hydroxylation is 1. The Bertz CT molecular complexity index is 618. The van der Waals surface area contributed by atoms with E-state index in [-0.39, 0.29) is 11.4 Å². The Balaban J connectivity index is 2.17. The minimum Gasteiger partial charge on any atom is -0.481 e. The fraction of sp³-hybridized carbons (Fsp3) is 0.533. The number of carboxylic acid groups (broad SMARTS) is 1. The number of aliphatic carboxylic acids is 1. The molecule has 6 heteroatoms. The Morgan fingerprint density at radius 3 is 2.43 bits per heavy atom. The number of nitrogens with one attached hydrogen (secondary N) is 1. The smallest absolute Gasteiger partial charge is 0.310 e. The van der Waals surface area contributed by atoms with Crippen molar-refractivity contribution >= 4 is 16.0 Å². The van der Waals surface area contributed by atoms with Crippen molar-refractivity contribution in [1.82, 2.24) is 4.72 Å². The predicted molar refractivity (Wildman–Crippen MR) is 79.5 cm³/mol. The van der Waals surface area contributed by atoms with E-state index in [0.29, 0.717) is 18.4 Å². The number of sulfonamides is 1. The number of hydrogen-bond acceptors (Lipinski definition) is 3. The molecule has 1 aromatic rings. The van der Waals surface area contributed by atoms with Crippen molar-refractivity contribution < 1.29 is 18.3 Å². The molecule has 5 nitrogen and oxygen atoms in total. The summed E-state index contributed by atoms with van der Waals surface area (Å²) < 4.78 is 27.2. The number of rotatable bonds is 5. The summed E-state index contributed by atoms with van der Waals surface area (Å²) in [6.07, 6.45) is 3.73. The molecule has 1 aliphatic carbocycles. The van der Waals surface area contributed by atoms with Crippen LogP contribution in [0.4, 0.5) is 0 Å². The topological polar surface area (TPSA) is 83.5 Å². The van der Waals surface area contributed by atoms with E-state index in [1.165, 1.54) is 6.07 Å². The molecule has 0 amide bonds. The van der Waals surface area contributed by atoms with E-state index in [9.17, 15) is 18.3 Å². The lowest BCUT2D eigenvalue weighted by molar-refractivity contribution is -0.150. The molecular formula is C15H21NO4S. The Labute approximate surface area is 125 Å². The summed E-state index contributed by atoms with van der Waals surface area (Å²) in [5.41, 5.74) is -0.313. The van der Waals surface area contributed by atoms with Gasteiger partial charge in [-0.25, -0.2) is 13.1 Å². The summed E-state index contributed by atoms with van der Waals surface area (Å²) in [5.74, 6) is -0.908. The van der Waals surface area contributed by atoms with Gasteiger partial charge in [0, 0.05) is 6.54 Å². The van der Waals surface area contributed by atoms with Crippen molar-refractivity contribution in [1.29, 1.82) is 0 Å². The third-order valence-corrected chi connectivity index (χ3v) is 5.81. The highest BCUT2D eigenvalue weighted by atomic mass is 32.2. The molecule has 0 unspecified atom stereocenters. The molecule has 0 saturated heterocycles. The third-order valence-electron chi connectivity index (χ3n) is 4.25. The molecule has 2 rings (SSSR count). The summed E-state index contributed by atoms with van der Waals surface area (Å²) in [6, 6.07) is 6.69. The number of benzene rings is 1. The van der Waals surface area contributed by atoms with Gasteiger partial charge in [0.25, 0.3) is 0 Å².